The summed E-state index contributed by atoms with van der Waals surface area (Å²) in [4.78, 5) is 25.5. The van der Waals surface area contributed by atoms with E-state index in [0.29, 0.717) is 17.6 Å². The number of hydrogen-bond donors (Lipinski definition) is 1. The Morgan fingerprint density at radius 2 is 1.69 bits per heavy atom. The average Bonchev–Trinajstić information content (AvgIpc) is 3.48. The van der Waals surface area contributed by atoms with Crippen LogP contribution in [-0.4, -0.2) is 48.1 Å². The van der Waals surface area contributed by atoms with Crippen molar-refractivity contribution in [2.75, 3.05) is 36.0 Å². The van der Waals surface area contributed by atoms with Gasteiger partial charge in [-0.1, -0.05) is 12.1 Å². The standard InChI is InChI=1S/C20H25N5O/c1-14-4-3-5-18(15(14)2)24-8-10-25(11-9-24)20-21-12-16(13-22-20)19(26)23-17-6-7-17/h3-5,12-13,17H,6-11H2,1-2H3,(H,23,26). The molecule has 0 unspecified atom stereocenters. The van der Waals surface area contributed by atoms with Gasteiger partial charge in [-0.25, -0.2) is 9.97 Å². The fraction of sp³-hybridized carbons (Fsp3) is 0.450. The Morgan fingerprint density at radius 1 is 1.04 bits per heavy atom. The van der Waals surface area contributed by atoms with Crippen LogP contribution in [0.4, 0.5) is 11.6 Å². The quantitative estimate of drug-likeness (QED) is 0.916. The molecule has 6 heteroatoms. The first-order chi connectivity index (χ1) is 12.6. The van der Waals surface area contributed by atoms with Crippen LogP contribution in [0.15, 0.2) is 30.6 Å². The molecule has 0 bridgehead atoms. The van der Waals surface area contributed by atoms with Gasteiger partial charge in [0, 0.05) is 50.3 Å². The molecule has 1 aliphatic heterocycles. The van der Waals surface area contributed by atoms with E-state index in [1.165, 1.54) is 16.8 Å². The molecule has 1 aliphatic carbocycles. The first-order valence-corrected chi connectivity index (χ1v) is 9.31. The second-order valence-electron chi connectivity index (χ2n) is 7.21. The number of aryl methyl sites for hydroxylation is 1. The average molecular weight is 351 g/mol. The zero-order chi connectivity index (χ0) is 18.1. The molecule has 136 valence electrons. The number of rotatable bonds is 4. The number of nitrogens with zero attached hydrogens (tertiary/aromatic N) is 4. The van der Waals surface area contributed by atoms with Gasteiger partial charge in [-0.05, 0) is 43.9 Å². The van der Waals surface area contributed by atoms with Gasteiger partial charge in [0.15, 0.2) is 0 Å². The van der Waals surface area contributed by atoms with Gasteiger partial charge >= 0.3 is 0 Å². The molecular weight excluding hydrogens is 326 g/mol. The summed E-state index contributed by atoms with van der Waals surface area (Å²) < 4.78 is 0. The van der Waals surface area contributed by atoms with E-state index in [0.717, 1.165) is 39.0 Å². The molecular formula is C20H25N5O. The van der Waals surface area contributed by atoms with Gasteiger partial charge in [0.1, 0.15) is 0 Å². The lowest BCUT2D eigenvalue weighted by Gasteiger charge is -2.37. The summed E-state index contributed by atoms with van der Waals surface area (Å²) in [6, 6.07) is 6.82. The predicted molar refractivity (Wildman–Crippen MR) is 103 cm³/mol. The second kappa shape index (κ2) is 6.94. The monoisotopic (exact) mass is 351 g/mol. The van der Waals surface area contributed by atoms with Crippen molar-refractivity contribution >= 4 is 17.5 Å². The van der Waals surface area contributed by atoms with Crippen LogP contribution in [0.5, 0.6) is 0 Å². The Morgan fingerprint density at radius 3 is 2.35 bits per heavy atom. The van der Waals surface area contributed by atoms with Crippen molar-refractivity contribution in [1.29, 1.82) is 0 Å². The fourth-order valence-electron chi connectivity index (χ4n) is 3.32. The molecule has 4 rings (SSSR count). The van der Waals surface area contributed by atoms with Crippen molar-refractivity contribution in [2.24, 2.45) is 0 Å². The summed E-state index contributed by atoms with van der Waals surface area (Å²) in [5.41, 5.74) is 4.53. The Bertz CT molecular complexity index is 792. The molecule has 6 nitrogen and oxygen atoms in total. The lowest BCUT2D eigenvalue weighted by molar-refractivity contribution is 0.0950. The van der Waals surface area contributed by atoms with Crippen molar-refractivity contribution in [1.82, 2.24) is 15.3 Å². The Kier molecular flexibility index (Phi) is 4.49. The van der Waals surface area contributed by atoms with Gasteiger partial charge in [-0.3, -0.25) is 4.79 Å². The molecule has 1 amide bonds. The molecule has 1 N–H and O–H groups in total. The largest absolute Gasteiger partial charge is 0.368 e. The Balaban J connectivity index is 1.38. The van der Waals surface area contributed by atoms with Crippen LogP contribution in [0, 0.1) is 13.8 Å². The maximum Gasteiger partial charge on any atom is 0.254 e. The maximum absolute atomic E-state index is 12.0. The number of carbonyl (C=O) groups excluding carboxylic acids is 1. The summed E-state index contributed by atoms with van der Waals surface area (Å²) in [5.74, 6) is 0.632. The van der Waals surface area contributed by atoms with Crippen molar-refractivity contribution in [3.63, 3.8) is 0 Å². The fourth-order valence-corrected chi connectivity index (χ4v) is 3.32. The van der Waals surface area contributed by atoms with E-state index < -0.39 is 0 Å². The number of aromatic nitrogens is 2. The van der Waals surface area contributed by atoms with E-state index in [1.54, 1.807) is 12.4 Å². The first-order valence-electron chi connectivity index (χ1n) is 9.31. The molecule has 2 aliphatic rings. The van der Waals surface area contributed by atoms with Gasteiger partial charge in [0.2, 0.25) is 5.95 Å². The minimum Gasteiger partial charge on any atom is -0.368 e. The van der Waals surface area contributed by atoms with Gasteiger partial charge in [-0.2, -0.15) is 0 Å². The highest BCUT2D eigenvalue weighted by atomic mass is 16.1. The number of amides is 1. The highest BCUT2D eigenvalue weighted by Gasteiger charge is 2.25. The number of nitrogens with one attached hydrogen (secondary N) is 1. The van der Waals surface area contributed by atoms with Crippen molar-refractivity contribution in [2.45, 2.75) is 32.7 Å². The topological polar surface area (TPSA) is 61.4 Å². The van der Waals surface area contributed by atoms with E-state index in [9.17, 15) is 4.79 Å². The zero-order valence-corrected chi connectivity index (χ0v) is 15.4. The van der Waals surface area contributed by atoms with Crippen LogP contribution in [-0.2, 0) is 0 Å². The Labute approximate surface area is 154 Å². The summed E-state index contributed by atoms with van der Waals surface area (Å²) in [5, 5.41) is 2.96. The molecule has 1 saturated carbocycles. The Hall–Kier alpha value is -2.63. The van der Waals surface area contributed by atoms with Crippen LogP contribution in [0.1, 0.15) is 34.3 Å². The van der Waals surface area contributed by atoms with E-state index in [1.807, 2.05) is 0 Å². The molecule has 0 spiro atoms. The SMILES string of the molecule is Cc1cccc(N2CCN(c3ncc(C(=O)NC4CC4)cn3)CC2)c1C. The van der Waals surface area contributed by atoms with E-state index >= 15 is 0 Å². The lowest BCUT2D eigenvalue weighted by atomic mass is 10.1. The highest BCUT2D eigenvalue weighted by molar-refractivity contribution is 5.94. The number of benzene rings is 1. The third-order valence-corrected chi connectivity index (χ3v) is 5.29. The molecule has 1 aromatic heterocycles. The number of carbonyl (C=O) groups is 1. The molecule has 2 heterocycles. The molecule has 1 aromatic carbocycles. The predicted octanol–water partition coefficient (Wildman–Crippen LogP) is 2.31. The normalized spacial score (nSPS) is 17.3. The van der Waals surface area contributed by atoms with Crippen LogP contribution >= 0.6 is 0 Å². The minimum absolute atomic E-state index is 0.0706. The number of anilines is 2. The first kappa shape index (κ1) is 16.8. The summed E-state index contributed by atoms with van der Waals surface area (Å²) in [6.45, 7) is 7.98. The number of hydrogen-bond acceptors (Lipinski definition) is 5. The van der Waals surface area contributed by atoms with Crippen molar-refractivity contribution < 1.29 is 4.79 Å². The molecule has 2 fully saturated rings. The van der Waals surface area contributed by atoms with Crippen LogP contribution in [0.25, 0.3) is 0 Å². The smallest absolute Gasteiger partial charge is 0.254 e. The van der Waals surface area contributed by atoms with Gasteiger partial charge < -0.3 is 15.1 Å². The third kappa shape index (κ3) is 3.49. The van der Waals surface area contributed by atoms with E-state index in [4.69, 9.17) is 0 Å². The molecule has 0 radical (unpaired) electrons. The summed E-state index contributed by atoms with van der Waals surface area (Å²) in [7, 11) is 0. The van der Waals surface area contributed by atoms with Crippen LogP contribution < -0.4 is 15.1 Å². The molecule has 26 heavy (non-hydrogen) atoms. The van der Waals surface area contributed by atoms with E-state index in [-0.39, 0.29) is 5.91 Å². The molecule has 2 aromatic rings. The zero-order valence-electron chi connectivity index (χ0n) is 15.4. The summed E-state index contributed by atoms with van der Waals surface area (Å²) in [6.07, 6.45) is 5.43. The second-order valence-corrected chi connectivity index (χ2v) is 7.21. The third-order valence-electron chi connectivity index (χ3n) is 5.29. The van der Waals surface area contributed by atoms with Crippen LogP contribution in [0.2, 0.25) is 0 Å². The maximum atomic E-state index is 12.0. The summed E-state index contributed by atoms with van der Waals surface area (Å²) >= 11 is 0. The van der Waals surface area contributed by atoms with Crippen molar-refractivity contribution in [3.8, 4) is 0 Å². The van der Waals surface area contributed by atoms with Gasteiger partial charge in [0.25, 0.3) is 5.91 Å². The highest BCUT2D eigenvalue weighted by Crippen LogP contribution is 2.24. The van der Waals surface area contributed by atoms with E-state index in [2.05, 4.69) is 57.1 Å². The van der Waals surface area contributed by atoms with Gasteiger partial charge in [-0.15, -0.1) is 0 Å². The van der Waals surface area contributed by atoms with Crippen molar-refractivity contribution in [3.05, 3.63) is 47.3 Å². The molecule has 1 saturated heterocycles. The lowest BCUT2D eigenvalue weighted by Crippen LogP contribution is -2.47. The van der Waals surface area contributed by atoms with Gasteiger partial charge in [0.05, 0.1) is 5.56 Å². The minimum atomic E-state index is -0.0706. The van der Waals surface area contributed by atoms with Crippen LogP contribution in [0.3, 0.4) is 0 Å². The molecule has 0 atom stereocenters. The number of piperazine rings is 1.